The van der Waals surface area contributed by atoms with Crippen molar-refractivity contribution in [2.75, 3.05) is 0 Å². The van der Waals surface area contributed by atoms with Gasteiger partial charge in [-0.1, -0.05) is 34.6 Å². The van der Waals surface area contributed by atoms with Gasteiger partial charge in [0.25, 0.3) is 0 Å². The van der Waals surface area contributed by atoms with Crippen molar-refractivity contribution in [3.8, 4) is 0 Å². The average molecular weight is 180 g/mol. The van der Waals surface area contributed by atoms with Crippen molar-refractivity contribution in [1.29, 1.82) is 0 Å². The maximum absolute atomic E-state index is 2.50. The maximum atomic E-state index is 2.50. The summed E-state index contributed by atoms with van der Waals surface area (Å²) in [6.07, 6.45) is 1.50. The third-order valence-electron chi connectivity index (χ3n) is 5.40. The highest BCUT2D eigenvalue weighted by molar-refractivity contribution is 4.99. The second-order valence-electron chi connectivity index (χ2n) is 5.89. The zero-order valence-corrected chi connectivity index (χ0v) is 9.75. The molecule has 0 amide bonds. The Hall–Kier alpha value is 0. The van der Waals surface area contributed by atoms with E-state index in [-0.39, 0.29) is 0 Å². The first-order valence-electron chi connectivity index (χ1n) is 6.04. The van der Waals surface area contributed by atoms with Crippen LogP contribution in [-0.4, -0.2) is 0 Å². The summed E-state index contributed by atoms with van der Waals surface area (Å²) in [6.45, 7) is 12.2. The SMILES string of the molecule is CC1CC(C(C)C2C(C)C2C)C1C. The minimum absolute atomic E-state index is 0.995. The fraction of sp³-hybridized carbons (Fsp3) is 1.00. The summed E-state index contributed by atoms with van der Waals surface area (Å²) in [5, 5.41) is 0. The van der Waals surface area contributed by atoms with Crippen LogP contribution in [0.3, 0.4) is 0 Å². The van der Waals surface area contributed by atoms with Gasteiger partial charge in [-0.25, -0.2) is 0 Å². The van der Waals surface area contributed by atoms with Crippen molar-refractivity contribution in [2.45, 2.75) is 41.0 Å². The molecule has 2 saturated carbocycles. The van der Waals surface area contributed by atoms with Crippen molar-refractivity contribution < 1.29 is 0 Å². The molecule has 2 fully saturated rings. The largest absolute Gasteiger partial charge is 0.0622 e. The Morgan fingerprint density at radius 3 is 1.77 bits per heavy atom. The Kier molecular flexibility index (Phi) is 2.20. The summed E-state index contributed by atoms with van der Waals surface area (Å²) in [6, 6.07) is 0. The summed E-state index contributed by atoms with van der Waals surface area (Å²) < 4.78 is 0. The molecule has 0 aromatic rings. The molecule has 0 aromatic carbocycles. The normalized spacial score (nSPS) is 57.0. The zero-order chi connectivity index (χ0) is 9.75. The lowest BCUT2D eigenvalue weighted by molar-refractivity contribution is 0.0428. The van der Waals surface area contributed by atoms with E-state index in [1.165, 1.54) is 6.42 Å². The molecular weight excluding hydrogens is 156 g/mol. The molecule has 0 aliphatic heterocycles. The first-order valence-corrected chi connectivity index (χ1v) is 6.04. The predicted octanol–water partition coefficient (Wildman–Crippen LogP) is 3.82. The molecule has 0 heterocycles. The van der Waals surface area contributed by atoms with Crippen LogP contribution in [0.15, 0.2) is 0 Å². The third-order valence-corrected chi connectivity index (χ3v) is 5.40. The molecule has 0 heteroatoms. The van der Waals surface area contributed by atoms with Crippen molar-refractivity contribution in [3.05, 3.63) is 0 Å². The van der Waals surface area contributed by atoms with Crippen LogP contribution in [0, 0.1) is 41.4 Å². The Labute approximate surface area is 83.1 Å². The average Bonchev–Trinajstić information content (AvgIpc) is 2.69. The minimum Gasteiger partial charge on any atom is -0.0622 e. The molecule has 6 unspecified atom stereocenters. The molecule has 0 saturated heterocycles. The molecule has 0 spiro atoms. The van der Waals surface area contributed by atoms with Crippen LogP contribution in [0.25, 0.3) is 0 Å². The molecule has 6 atom stereocenters. The van der Waals surface area contributed by atoms with Crippen molar-refractivity contribution in [3.63, 3.8) is 0 Å². The van der Waals surface area contributed by atoms with Gasteiger partial charge in [0.1, 0.15) is 0 Å². The molecule has 2 aliphatic carbocycles. The molecule has 0 bridgehead atoms. The van der Waals surface area contributed by atoms with Crippen LogP contribution < -0.4 is 0 Å². The van der Waals surface area contributed by atoms with E-state index in [0.29, 0.717) is 0 Å². The van der Waals surface area contributed by atoms with E-state index in [0.717, 1.165) is 41.4 Å². The maximum Gasteiger partial charge on any atom is -0.0329 e. The molecule has 76 valence electrons. The van der Waals surface area contributed by atoms with Crippen LogP contribution in [-0.2, 0) is 0 Å². The van der Waals surface area contributed by atoms with Crippen LogP contribution in [0.4, 0.5) is 0 Å². The van der Waals surface area contributed by atoms with Gasteiger partial charge in [0, 0.05) is 0 Å². The quantitative estimate of drug-likeness (QED) is 0.606. The zero-order valence-electron chi connectivity index (χ0n) is 9.75. The lowest BCUT2D eigenvalue weighted by atomic mass is 9.61. The van der Waals surface area contributed by atoms with Gasteiger partial charge in [-0.3, -0.25) is 0 Å². The molecule has 0 aromatic heterocycles. The van der Waals surface area contributed by atoms with Gasteiger partial charge in [0.15, 0.2) is 0 Å². The monoisotopic (exact) mass is 180 g/mol. The Balaban J connectivity index is 1.89. The molecule has 2 aliphatic rings. The minimum atomic E-state index is 0.995. The standard InChI is InChI=1S/C13H24/c1-7-6-12(8(7)2)11(5)13-9(3)10(13)4/h7-13H,6H2,1-5H3. The Bertz CT molecular complexity index is 188. The predicted molar refractivity (Wildman–Crippen MR) is 57.4 cm³/mol. The summed E-state index contributed by atoms with van der Waals surface area (Å²) >= 11 is 0. The number of hydrogen-bond donors (Lipinski definition) is 0. The van der Waals surface area contributed by atoms with Gasteiger partial charge in [-0.05, 0) is 47.8 Å². The first kappa shape index (κ1) is 9.55. The van der Waals surface area contributed by atoms with Crippen LogP contribution in [0.1, 0.15) is 41.0 Å². The fourth-order valence-corrected chi connectivity index (χ4v) is 3.72. The van der Waals surface area contributed by atoms with Gasteiger partial charge in [-0.2, -0.15) is 0 Å². The van der Waals surface area contributed by atoms with E-state index < -0.39 is 0 Å². The summed E-state index contributed by atoms with van der Waals surface area (Å²) in [4.78, 5) is 0. The van der Waals surface area contributed by atoms with Crippen molar-refractivity contribution in [1.82, 2.24) is 0 Å². The van der Waals surface area contributed by atoms with Gasteiger partial charge in [-0.15, -0.1) is 0 Å². The van der Waals surface area contributed by atoms with Crippen molar-refractivity contribution in [2.24, 2.45) is 41.4 Å². The highest BCUT2D eigenvalue weighted by atomic mass is 14.6. The molecule has 13 heavy (non-hydrogen) atoms. The van der Waals surface area contributed by atoms with E-state index >= 15 is 0 Å². The molecule has 0 nitrogen and oxygen atoms in total. The molecule has 0 radical (unpaired) electrons. The highest BCUT2D eigenvalue weighted by Gasteiger charge is 2.51. The van der Waals surface area contributed by atoms with Gasteiger partial charge >= 0.3 is 0 Å². The Morgan fingerprint density at radius 1 is 0.923 bits per heavy atom. The topological polar surface area (TPSA) is 0 Å². The van der Waals surface area contributed by atoms with Crippen LogP contribution in [0.2, 0.25) is 0 Å². The van der Waals surface area contributed by atoms with E-state index in [1.54, 1.807) is 0 Å². The highest BCUT2D eigenvalue weighted by Crippen LogP contribution is 2.57. The van der Waals surface area contributed by atoms with E-state index in [1.807, 2.05) is 0 Å². The fourth-order valence-electron chi connectivity index (χ4n) is 3.72. The van der Waals surface area contributed by atoms with Crippen molar-refractivity contribution >= 4 is 0 Å². The number of rotatable bonds is 2. The Morgan fingerprint density at radius 2 is 1.46 bits per heavy atom. The molecule has 0 N–H and O–H groups in total. The molecule has 2 rings (SSSR count). The lowest BCUT2D eigenvalue weighted by Gasteiger charge is -2.45. The summed E-state index contributed by atoms with van der Waals surface area (Å²) in [5.74, 6) is 7.12. The first-order chi connectivity index (χ1) is 6.04. The van der Waals surface area contributed by atoms with Gasteiger partial charge in [0.05, 0.1) is 0 Å². The number of hydrogen-bond acceptors (Lipinski definition) is 0. The smallest absolute Gasteiger partial charge is 0.0329 e. The van der Waals surface area contributed by atoms with Crippen LogP contribution in [0.5, 0.6) is 0 Å². The van der Waals surface area contributed by atoms with E-state index in [4.69, 9.17) is 0 Å². The summed E-state index contributed by atoms with van der Waals surface area (Å²) in [7, 11) is 0. The van der Waals surface area contributed by atoms with E-state index in [9.17, 15) is 0 Å². The molecular formula is C13H24. The van der Waals surface area contributed by atoms with E-state index in [2.05, 4.69) is 34.6 Å². The summed E-state index contributed by atoms with van der Waals surface area (Å²) in [5.41, 5.74) is 0. The third kappa shape index (κ3) is 1.33. The van der Waals surface area contributed by atoms with Crippen LogP contribution >= 0.6 is 0 Å². The second-order valence-corrected chi connectivity index (χ2v) is 5.89. The lowest BCUT2D eigenvalue weighted by Crippen LogP contribution is -2.37. The van der Waals surface area contributed by atoms with Gasteiger partial charge < -0.3 is 0 Å². The van der Waals surface area contributed by atoms with Gasteiger partial charge in [0.2, 0.25) is 0 Å². The second kappa shape index (κ2) is 3.00.